The van der Waals surface area contributed by atoms with Crippen LogP contribution in [0.3, 0.4) is 0 Å². The predicted molar refractivity (Wildman–Crippen MR) is 103 cm³/mol. The van der Waals surface area contributed by atoms with Crippen LogP contribution in [0.4, 0.5) is 10.5 Å². The largest absolute Gasteiger partial charge is 0.447 e. The van der Waals surface area contributed by atoms with Crippen molar-refractivity contribution in [3.05, 3.63) is 65.9 Å². The van der Waals surface area contributed by atoms with Crippen LogP contribution in [-0.2, 0) is 4.74 Å². The number of nitrogens with zero attached hydrogens (tertiary/aromatic N) is 1. The summed E-state index contributed by atoms with van der Waals surface area (Å²) in [6.07, 6.45) is 1.38. The number of nitrogens with one attached hydrogen (secondary N) is 2. The lowest BCUT2D eigenvalue weighted by Crippen LogP contribution is -2.23. The molecular weight excluding hydrogens is 342 g/mol. The molecule has 6 heteroatoms. The van der Waals surface area contributed by atoms with E-state index in [1.54, 1.807) is 11.1 Å². The van der Waals surface area contributed by atoms with Crippen molar-refractivity contribution in [3.8, 4) is 11.8 Å². The third-order valence-electron chi connectivity index (χ3n) is 4.34. The van der Waals surface area contributed by atoms with Gasteiger partial charge in [0, 0.05) is 28.4 Å². The first kappa shape index (κ1) is 16.7. The number of rotatable bonds is 3. The Hall–Kier alpha value is -3.72. The Kier molecular flexibility index (Phi) is 4.50. The van der Waals surface area contributed by atoms with Crippen molar-refractivity contribution < 1.29 is 14.3 Å². The van der Waals surface area contributed by atoms with Crippen molar-refractivity contribution in [3.63, 3.8) is 0 Å². The van der Waals surface area contributed by atoms with Crippen molar-refractivity contribution in [2.75, 3.05) is 24.6 Å². The quantitative estimate of drug-likeness (QED) is 0.706. The number of carbonyl (C=O) groups is 2. The summed E-state index contributed by atoms with van der Waals surface area (Å²) in [5.74, 6) is 5.78. The molecule has 134 valence electrons. The van der Waals surface area contributed by atoms with E-state index in [1.165, 1.54) is 0 Å². The van der Waals surface area contributed by atoms with E-state index in [1.807, 2.05) is 48.5 Å². The van der Waals surface area contributed by atoms with Gasteiger partial charge in [0.2, 0.25) is 0 Å². The minimum atomic E-state index is -0.325. The fraction of sp³-hybridized carbons (Fsp3) is 0.143. The van der Waals surface area contributed by atoms with Gasteiger partial charge in [-0.15, -0.1) is 0 Å². The normalized spacial score (nSPS) is 13.2. The number of carbonyl (C=O) groups excluding carboxylic acids is 2. The maximum atomic E-state index is 12.3. The number of ether oxygens (including phenoxy) is 1. The highest BCUT2D eigenvalue weighted by molar-refractivity contribution is 6.06. The van der Waals surface area contributed by atoms with Crippen molar-refractivity contribution in [1.29, 1.82) is 0 Å². The number of aromatic nitrogens is 1. The van der Waals surface area contributed by atoms with Gasteiger partial charge >= 0.3 is 6.09 Å². The monoisotopic (exact) mass is 359 g/mol. The molecule has 0 bridgehead atoms. The minimum absolute atomic E-state index is 0.162. The number of cyclic esters (lactones) is 1. The number of hydrogen-bond acceptors (Lipinski definition) is 3. The second-order valence-corrected chi connectivity index (χ2v) is 6.05. The van der Waals surface area contributed by atoms with Gasteiger partial charge in [-0.25, -0.2) is 4.79 Å². The number of anilines is 1. The molecule has 1 aromatic heterocycles. The van der Waals surface area contributed by atoms with Crippen molar-refractivity contribution >= 4 is 28.6 Å². The summed E-state index contributed by atoms with van der Waals surface area (Å²) in [6.45, 7) is 1.22. The molecular formula is C21H17N3O3. The SMILES string of the molecule is O=C(NCC#Cc1ccc(N2CCOC2=O)cc1)c1c[nH]c2ccccc12. The molecule has 0 atom stereocenters. The van der Waals surface area contributed by atoms with E-state index < -0.39 is 0 Å². The zero-order chi connectivity index (χ0) is 18.6. The summed E-state index contributed by atoms with van der Waals surface area (Å²) in [5, 5.41) is 3.70. The smallest absolute Gasteiger partial charge is 0.414 e. The van der Waals surface area contributed by atoms with E-state index >= 15 is 0 Å². The Morgan fingerprint density at radius 3 is 2.78 bits per heavy atom. The second kappa shape index (κ2) is 7.26. The zero-order valence-corrected chi connectivity index (χ0v) is 14.5. The number of amides is 2. The van der Waals surface area contributed by atoms with Gasteiger partial charge in [0.05, 0.1) is 18.7 Å². The summed E-state index contributed by atoms with van der Waals surface area (Å²) in [4.78, 5) is 28.5. The molecule has 2 N–H and O–H groups in total. The molecule has 0 aliphatic carbocycles. The van der Waals surface area contributed by atoms with Crippen molar-refractivity contribution in [2.45, 2.75) is 0 Å². The first-order valence-electron chi connectivity index (χ1n) is 8.60. The molecule has 1 fully saturated rings. The fourth-order valence-electron chi connectivity index (χ4n) is 2.98. The Labute approximate surface area is 156 Å². The molecule has 6 nitrogen and oxygen atoms in total. The van der Waals surface area contributed by atoms with E-state index in [2.05, 4.69) is 22.1 Å². The Morgan fingerprint density at radius 1 is 1.19 bits per heavy atom. The highest BCUT2D eigenvalue weighted by atomic mass is 16.6. The minimum Gasteiger partial charge on any atom is -0.447 e. The molecule has 1 aliphatic rings. The maximum absolute atomic E-state index is 12.3. The number of aromatic amines is 1. The Balaban J connectivity index is 1.36. The van der Waals surface area contributed by atoms with E-state index in [0.717, 1.165) is 22.2 Å². The molecule has 1 saturated heterocycles. The van der Waals surface area contributed by atoms with Gasteiger partial charge in [0.25, 0.3) is 5.91 Å². The summed E-state index contributed by atoms with van der Waals surface area (Å²) >= 11 is 0. The molecule has 2 amide bonds. The van der Waals surface area contributed by atoms with Crippen LogP contribution in [0.15, 0.2) is 54.7 Å². The molecule has 1 aliphatic heterocycles. The topological polar surface area (TPSA) is 74.4 Å². The summed E-state index contributed by atoms with van der Waals surface area (Å²) in [5.41, 5.74) is 3.13. The van der Waals surface area contributed by atoms with Crippen LogP contribution >= 0.6 is 0 Å². The number of hydrogen-bond donors (Lipinski definition) is 2. The fourth-order valence-corrected chi connectivity index (χ4v) is 2.98. The van der Waals surface area contributed by atoms with E-state index in [4.69, 9.17) is 4.74 Å². The van der Waals surface area contributed by atoms with Crippen LogP contribution in [0.1, 0.15) is 15.9 Å². The molecule has 4 rings (SSSR count). The third-order valence-corrected chi connectivity index (χ3v) is 4.34. The highest BCUT2D eigenvalue weighted by Gasteiger charge is 2.23. The molecule has 2 heterocycles. The summed E-state index contributed by atoms with van der Waals surface area (Å²) in [7, 11) is 0. The highest BCUT2D eigenvalue weighted by Crippen LogP contribution is 2.19. The lowest BCUT2D eigenvalue weighted by atomic mass is 10.1. The number of benzene rings is 2. The third kappa shape index (κ3) is 3.48. The average molecular weight is 359 g/mol. The second-order valence-electron chi connectivity index (χ2n) is 6.05. The summed E-state index contributed by atoms with van der Waals surface area (Å²) in [6, 6.07) is 15.0. The van der Waals surface area contributed by atoms with Gasteiger partial charge < -0.3 is 15.0 Å². The van der Waals surface area contributed by atoms with E-state index in [0.29, 0.717) is 18.7 Å². The number of fused-ring (bicyclic) bond motifs is 1. The van der Waals surface area contributed by atoms with Crippen LogP contribution in [0.2, 0.25) is 0 Å². The number of H-pyrrole nitrogens is 1. The predicted octanol–water partition coefficient (Wildman–Crippen LogP) is 2.91. The lowest BCUT2D eigenvalue weighted by Gasteiger charge is -2.11. The van der Waals surface area contributed by atoms with Gasteiger partial charge in [-0.1, -0.05) is 30.0 Å². The Morgan fingerprint density at radius 2 is 2.00 bits per heavy atom. The van der Waals surface area contributed by atoms with Gasteiger partial charge in [0.1, 0.15) is 6.61 Å². The zero-order valence-electron chi connectivity index (χ0n) is 14.5. The lowest BCUT2D eigenvalue weighted by molar-refractivity contribution is 0.0960. The molecule has 0 spiro atoms. The first-order valence-corrected chi connectivity index (χ1v) is 8.60. The summed E-state index contributed by atoms with van der Waals surface area (Å²) < 4.78 is 4.93. The van der Waals surface area contributed by atoms with Gasteiger partial charge in [-0.05, 0) is 30.3 Å². The standard InChI is InChI=1S/C21H17N3O3/c25-20(18-14-23-19-6-2-1-5-17(18)19)22-11-3-4-15-7-9-16(10-8-15)24-12-13-27-21(24)26/h1-2,5-10,14,23H,11-13H2,(H,22,25). The van der Waals surface area contributed by atoms with Gasteiger partial charge in [-0.2, -0.15) is 0 Å². The Bertz CT molecular complexity index is 1060. The van der Waals surface area contributed by atoms with Crippen LogP contribution in [0, 0.1) is 11.8 Å². The van der Waals surface area contributed by atoms with Crippen LogP contribution in [0.5, 0.6) is 0 Å². The molecule has 0 unspecified atom stereocenters. The van der Waals surface area contributed by atoms with Crippen LogP contribution < -0.4 is 10.2 Å². The molecule has 0 radical (unpaired) electrons. The van der Waals surface area contributed by atoms with Gasteiger partial charge in [-0.3, -0.25) is 9.69 Å². The van der Waals surface area contributed by atoms with Gasteiger partial charge in [0.15, 0.2) is 0 Å². The number of para-hydroxylation sites is 1. The van der Waals surface area contributed by atoms with Crippen molar-refractivity contribution in [2.24, 2.45) is 0 Å². The van der Waals surface area contributed by atoms with Crippen molar-refractivity contribution in [1.82, 2.24) is 10.3 Å². The molecule has 0 saturated carbocycles. The van der Waals surface area contributed by atoms with Crippen LogP contribution in [0.25, 0.3) is 10.9 Å². The molecule has 3 aromatic rings. The van der Waals surface area contributed by atoms with E-state index in [9.17, 15) is 9.59 Å². The average Bonchev–Trinajstić information content (AvgIpc) is 3.32. The molecule has 27 heavy (non-hydrogen) atoms. The van der Waals surface area contributed by atoms with E-state index in [-0.39, 0.29) is 18.5 Å². The maximum Gasteiger partial charge on any atom is 0.414 e. The van der Waals surface area contributed by atoms with Crippen LogP contribution in [-0.4, -0.2) is 36.7 Å². The first-order chi connectivity index (χ1) is 13.2. The molecule has 2 aromatic carbocycles.